The van der Waals surface area contributed by atoms with Crippen molar-refractivity contribution in [1.82, 2.24) is 0 Å². The Kier molecular flexibility index (Phi) is 11.8. The Morgan fingerprint density at radius 3 is 2.09 bits per heavy atom. The number of rotatable bonds is 2. The van der Waals surface area contributed by atoms with E-state index in [2.05, 4.69) is 30.3 Å². The average molecular weight is 373 g/mol. The van der Waals surface area contributed by atoms with Gasteiger partial charge >= 0.3 is 72.2 Å². The van der Waals surface area contributed by atoms with Crippen molar-refractivity contribution in [3.63, 3.8) is 0 Å². The fourth-order valence-corrected chi connectivity index (χ4v) is 4.52. The molecule has 1 aromatic carbocycles. The van der Waals surface area contributed by atoms with Crippen LogP contribution in [0.1, 0.15) is 5.56 Å². The summed E-state index contributed by atoms with van der Waals surface area (Å²) in [4.78, 5) is 0. The molecule has 0 aliphatic rings. The Morgan fingerprint density at radius 2 is 1.64 bits per heavy atom. The SMILES string of the molecule is Cl.Cl.[Hf][SiH2]Cc1ccccc1. The molecule has 0 atom stereocenters. The van der Waals surface area contributed by atoms with Crippen molar-refractivity contribution in [3.05, 3.63) is 35.9 Å². The molecule has 0 N–H and O–H groups in total. The first-order chi connectivity index (χ1) is 4.43. The zero-order valence-corrected chi connectivity index (χ0v) is 12.8. The van der Waals surface area contributed by atoms with Gasteiger partial charge in [0.15, 0.2) is 0 Å². The summed E-state index contributed by atoms with van der Waals surface area (Å²) in [6.07, 6.45) is 0. The van der Waals surface area contributed by atoms with E-state index in [1.807, 2.05) is 0 Å². The van der Waals surface area contributed by atoms with Gasteiger partial charge in [-0.15, -0.1) is 24.8 Å². The zero-order chi connectivity index (χ0) is 6.53. The van der Waals surface area contributed by atoms with Crippen molar-refractivity contribution in [2.75, 3.05) is 0 Å². The van der Waals surface area contributed by atoms with Crippen LogP contribution in [0.4, 0.5) is 0 Å². The Morgan fingerprint density at radius 1 is 1.09 bits per heavy atom. The van der Waals surface area contributed by atoms with Gasteiger partial charge in [0.2, 0.25) is 0 Å². The van der Waals surface area contributed by atoms with E-state index in [4.69, 9.17) is 0 Å². The molecule has 0 bridgehead atoms. The van der Waals surface area contributed by atoms with Crippen LogP contribution >= 0.6 is 24.8 Å². The second-order valence-corrected chi connectivity index (χ2v) is 8.37. The van der Waals surface area contributed by atoms with Crippen LogP contribution in [-0.4, -0.2) is 6.71 Å². The fourth-order valence-electron chi connectivity index (χ4n) is 0.789. The minimum absolute atomic E-state index is 0. The molecule has 0 aromatic heterocycles. The molecular formula is C7H11Cl2HfSi. The summed E-state index contributed by atoms with van der Waals surface area (Å²) in [6.45, 7) is 0.355. The first-order valence-electron chi connectivity index (χ1n) is 3.12. The van der Waals surface area contributed by atoms with Crippen LogP contribution in [0.25, 0.3) is 0 Å². The predicted octanol–water partition coefficient (Wildman–Crippen LogP) is 1.66. The monoisotopic (exact) mass is 373 g/mol. The van der Waals surface area contributed by atoms with Crippen LogP contribution in [0, 0.1) is 0 Å². The summed E-state index contributed by atoms with van der Waals surface area (Å²) in [5.41, 5.74) is 1.54. The molecule has 0 nitrogen and oxygen atoms in total. The normalized spacial score (nSPS) is 8.64. The predicted molar refractivity (Wildman–Crippen MR) is 53.2 cm³/mol. The number of hydrogen-bond acceptors (Lipinski definition) is 0. The molecule has 0 fully saturated rings. The molecular weight excluding hydrogens is 362 g/mol. The molecule has 1 rings (SSSR count). The third-order valence-corrected chi connectivity index (χ3v) is 4.78. The second kappa shape index (κ2) is 8.98. The van der Waals surface area contributed by atoms with Gasteiger partial charge in [0, 0.05) is 0 Å². The van der Waals surface area contributed by atoms with E-state index in [-0.39, 0.29) is 24.8 Å². The van der Waals surface area contributed by atoms with Crippen molar-refractivity contribution in [3.8, 4) is 0 Å². The van der Waals surface area contributed by atoms with E-state index in [0.717, 1.165) is 0 Å². The van der Waals surface area contributed by atoms with Gasteiger partial charge in [-0.05, 0) is 0 Å². The van der Waals surface area contributed by atoms with Crippen LogP contribution in [0.5, 0.6) is 0 Å². The van der Waals surface area contributed by atoms with Crippen molar-refractivity contribution in [2.45, 2.75) is 6.04 Å². The Balaban J connectivity index is 0. The minimum atomic E-state index is 0. The molecule has 4 heteroatoms. The Hall–Kier alpha value is 0.887. The summed E-state index contributed by atoms with van der Waals surface area (Å²) in [5, 5.41) is 0. The van der Waals surface area contributed by atoms with Gasteiger partial charge in [-0.25, -0.2) is 0 Å². The van der Waals surface area contributed by atoms with Crippen molar-refractivity contribution in [1.29, 1.82) is 0 Å². The molecule has 0 heterocycles. The maximum absolute atomic E-state index is 2.23. The Bertz CT molecular complexity index is 169. The first-order valence-corrected chi connectivity index (χ1v) is 12.4. The van der Waals surface area contributed by atoms with E-state index in [9.17, 15) is 0 Å². The van der Waals surface area contributed by atoms with Gasteiger partial charge in [-0.2, -0.15) is 0 Å². The summed E-state index contributed by atoms with van der Waals surface area (Å²) < 4.78 is 0. The van der Waals surface area contributed by atoms with Crippen LogP contribution in [0.15, 0.2) is 30.3 Å². The molecule has 0 aliphatic carbocycles. The third-order valence-electron chi connectivity index (χ3n) is 1.26. The molecule has 61 valence electrons. The Labute approximate surface area is 96.3 Å². The van der Waals surface area contributed by atoms with Crippen LogP contribution in [0.3, 0.4) is 0 Å². The molecule has 0 unspecified atom stereocenters. The van der Waals surface area contributed by atoms with Gasteiger partial charge in [-0.1, -0.05) is 0 Å². The molecule has 0 amide bonds. The van der Waals surface area contributed by atoms with E-state index >= 15 is 0 Å². The van der Waals surface area contributed by atoms with E-state index < -0.39 is 0 Å². The van der Waals surface area contributed by atoms with Gasteiger partial charge in [0.05, 0.1) is 0 Å². The van der Waals surface area contributed by atoms with Crippen LogP contribution in [0.2, 0.25) is 0 Å². The quantitative estimate of drug-likeness (QED) is 0.693. The molecule has 11 heavy (non-hydrogen) atoms. The van der Waals surface area contributed by atoms with Gasteiger partial charge in [0.1, 0.15) is 0 Å². The number of halogens is 2. The van der Waals surface area contributed by atoms with E-state index in [0.29, 0.717) is 6.71 Å². The van der Waals surface area contributed by atoms with Gasteiger partial charge < -0.3 is 0 Å². The third kappa shape index (κ3) is 6.09. The summed E-state index contributed by atoms with van der Waals surface area (Å²) in [6, 6.07) is 12.2. The topological polar surface area (TPSA) is 0 Å². The fraction of sp³-hybridized carbons (Fsp3) is 0.143. The van der Waals surface area contributed by atoms with Crippen molar-refractivity contribution in [2.24, 2.45) is 0 Å². The van der Waals surface area contributed by atoms with E-state index in [1.165, 1.54) is 29.6 Å². The van der Waals surface area contributed by atoms with Crippen LogP contribution in [-0.2, 0) is 29.6 Å². The van der Waals surface area contributed by atoms with Crippen molar-refractivity contribution < 1.29 is 23.5 Å². The maximum atomic E-state index is 2.23. The molecule has 0 saturated heterocycles. The summed E-state index contributed by atoms with van der Waals surface area (Å²) in [7, 11) is 0. The molecule has 0 saturated carbocycles. The average Bonchev–Trinajstić information content (AvgIpc) is 1.91. The van der Waals surface area contributed by atoms with Crippen molar-refractivity contribution >= 4 is 31.5 Å². The molecule has 1 aromatic rings. The van der Waals surface area contributed by atoms with Crippen LogP contribution < -0.4 is 0 Å². The summed E-state index contributed by atoms with van der Waals surface area (Å²) >= 11 is 1.46. The molecule has 0 aliphatic heterocycles. The first kappa shape index (κ1) is 14.4. The summed E-state index contributed by atoms with van der Waals surface area (Å²) in [5.74, 6) is 0. The standard InChI is InChI=1S/C7H9Si.2ClH.Hf/c8-6-7-4-2-1-3-5-7;;;/h1-5H,6,8H2;2*1H;. The van der Waals surface area contributed by atoms with Gasteiger partial charge in [-0.3, -0.25) is 0 Å². The zero-order valence-electron chi connectivity index (χ0n) is 6.12. The van der Waals surface area contributed by atoms with E-state index in [1.54, 1.807) is 5.56 Å². The number of benzene rings is 1. The number of hydrogen-bond donors (Lipinski definition) is 0. The molecule has 0 spiro atoms. The second-order valence-electron chi connectivity index (χ2n) is 1.99. The molecule has 0 radical (unpaired) electrons. The van der Waals surface area contributed by atoms with Gasteiger partial charge in [0.25, 0.3) is 0 Å².